The molecule has 1 aromatic carbocycles. The average Bonchev–Trinajstić information content (AvgIpc) is 2.93. The molecule has 2 aromatic heterocycles. The largest absolute Gasteiger partial charge is 0.475 e. The molecular formula is C26H31BN6O5. The number of nitrogens with zero attached hydrogens (tertiary/aromatic N) is 3. The van der Waals surface area contributed by atoms with E-state index in [0.29, 0.717) is 18.5 Å². The molecule has 0 aliphatic heterocycles. The molecule has 2 unspecified atom stereocenters. The Bertz CT molecular complexity index is 1180. The number of carbonyl (C=O) groups is 3. The minimum atomic E-state index is -1.83. The lowest BCUT2D eigenvalue weighted by molar-refractivity contribution is -0.126. The Balaban J connectivity index is 1.67. The van der Waals surface area contributed by atoms with Crippen LogP contribution in [-0.2, 0) is 22.4 Å². The van der Waals surface area contributed by atoms with Crippen LogP contribution in [0.1, 0.15) is 47.9 Å². The Kier molecular flexibility index (Phi) is 10.9. The van der Waals surface area contributed by atoms with E-state index in [1.807, 2.05) is 37.3 Å². The molecule has 5 N–H and O–H groups in total. The highest BCUT2D eigenvalue weighted by atomic mass is 16.4. The van der Waals surface area contributed by atoms with Crippen LogP contribution < -0.4 is 16.0 Å². The SMILES string of the molecule is CCc1ccc(NC(=O)CC(NC(=O)c2cnccn2)C(=O)NC(CCCc2ccccc2)B(O)O)cn1. The summed E-state index contributed by atoms with van der Waals surface area (Å²) in [7, 11) is -1.83. The first-order chi connectivity index (χ1) is 18.4. The van der Waals surface area contributed by atoms with Crippen molar-refractivity contribution in [1.82, 2.24) is 25.6 Å². The maximum absolute atomic E-state index is 13.2. The Hall–Kier alpha value is -4.16. The van der Waals surface area contributed by atoms with Crippen molar-refractivity contribution in [3.63, 3.8) is 0 Å². The van der Waals surface area contributed by atoms with Crippen LogP contribution in [0.5, 0.6) is 0 Å². The molecule has 0 aliphatic carbocycles. The van der Waals surface area contributed by atoms with Crippen molar-refractivity contribution >= 4 is 30.5 Å². The second kappa shape index (κ2) is 14.6. The minimum absolute atomic E-state index is 0.0355. The molecule has 0 aliphatic rings. The minimum Gasteiger partial charge on any atom is -0.426 e. The van der Waals surface area contributed by atoms with Crippen molar-refractivity contribution in [3.8, 4) is 0 Å². The molecule has 0 fully saturated rings. The fourth-order valence-electron chi connectivity index (χ4n) is 3.71. The average molecular weight is 518 g/mol. The van der Waals surface area contributed by atoms with Crippen molar-refractivity contribution < 1.29 is 24.4 Å². The highest BCUT2D eigenvalue weighted by molar-refractivity contribution is 6.43. The summed E-state index contributed by atoms with van der Waals surface area (Å²) < 4.78 is 0. The van der Waals surface area contributed by atoms with Gasteiger partial charge in [-0.15, -0.1) is 0 Å². The van der Waals surface area contributed by atoms with Crippen LogP contribution in [0.2, 0.25) is 0 Å². The molecule has 0 radical (unpaired) electrons. The molecule has 38 heavy (non-hydrogen) atoms. The van der Waals surface area contributed by atoms with Gasteiger partial charge in [-0.2, -0.15) is 0 Å². The van der Waals surface area contributed by atoms with Gasteiger partial charge in [0.1, 0.15) is 11.7 Å². The fourth-order valence-corrected chi connectivity index (χ4v) is 3.71. The molecule has 0 saturated carbocycles. The zero-order chi connectivity index (χ0) is 27.3. The maximum Gasteiger partial charge on any atom is 0.475 e. The van der Waals surface area contributed by atoms with Gasteiger partial charge in [-0.25, -0.2) is 4.98 Å². The van der Waals surface area contributed by atoms with Gasteiger partial charge in [-0.1, -0.05) is 37.3 Å². The number of benzene rings is 1. The number of hydrogen-bond acceptors (Lipinski definition) is 8. The topological polar surface area (TPSA) is 166 Å². The van der Waals surface area contributed by atoms with Crippen molar-refractivity contribution in [2.24, 2.45) is 0 Å². The number of pyridine rings is 1. The first-order valence-electron chi connectivity index (χ1n) is 12.4. The van der Waals surface area contributed by atoms with Crippen molar-refractivity contribution in [1.29, 1.82) is 0 Å². The highest BCUT2D eigenvalue weighted by Crippen LogP contribution is 2.10. The first-order valence-corrected chi connectivity index (χ1v) is 12.4. The lowest BCUT2D eigenvalue weighted by Gasteiger charge is -2.23. The molecule has 3 rings (SSSR count). The molecule has 11 nitrogen and oxygen atoms in total. The summed E-state index contributed by atoms with van der Waals surface area (Å²) in [4.78, 5) is 50.6. The van der Waals surface area contributed by atoms with E-state index >= 15 is 0 Å². The Labute approximate surface area is 221 Å². The maximum atomic E-state index is 13.2. The van der Waals surface area contributed by atoms with Crippen LogP contribution in [0.4, 0.5) is 5.69 Å². The summed E-state index contributed by atoms with van der Waals surface area (Å²) in [6.45, 7) is 1.96. The van der Waals surface area contributed by atoms with Gasteiger partial charge in [0.25, 0.3) is 5.91 Å². The van der Waals surface area contributed by atoms with Crippen molar-refractivity contribution in [2.75, 3.05) is 5.32 Å². The van der Waals surface area contributed by atoms with Crippen LogP contribution in [0.3, 0.4) is 0 Å². The Morgan fingerprint density at radius 2 is 1.76 bits per heavy atom. The molecule has 12 heteroatoms. The number of amides is 3. The second-order valence-corrected chi connectivity index (χ2v) is 8.67. The van der Waals surface area contributed by atoms with E-state index in [9.17, 15) is 24.4 Å². The molecule has 3 amide bonds. The number of rotatable bonds is 13. The smallest absolute Gasteiger partial charge is 0.426 e. The third-order valence-electron chi connectivity index (χ3n) is 5.79. The highest BCUT2D eigenvalue weighted by Gasteiger charge is 2.31. The lowest BCUT2D eigenvalue weighted by Crippen LogP contribution is -2.54. The van der Waals surface area contributed by atoms with Gasteiger partial charge < -0.3 is 26.0 Å². The first kappa shape index (κ1) is 28.4. The predicted octanol–water partition coefficient (Wildman–Crippen LogP) is 1.08. The van der Waals surface area contributed by atoms with Crippen molar-refractivity contribution in [2.45, 2.75) is 51.0 Å². The number of anilines is 1. The zero-order valence-electron chi connectivity index (χ0n) is 21.1. The van der Waals surface area contributed by atoms with Gasteiger partial charge >= 0.3 is 7.12 Å². The molecule has 2 heterocycles. The van der Waals surface area contributed by atoms with Crippen LogP contribution in [0, 0.1) is 0 Å². The Morgan fingerprint density at radius 3 is 2.39 bits per heavy atom. The van der Waals surface area contributed by atoms with E-state index < -0.39 is 43.2 Å². The van der Waals surface area contributed by atoms with Gasteiger partial charge in [0.2, 0.25) is 11.8 Å². The number of aromatic nitrogens is 3. The third-order valence-corrected chi connectivity index (χ3v) is 5.79. The van der Waals surface area contributed by atoms with Crippen molar-refractivity contribution in [3.05, 3.63) is 84.2 Å². The summed E-state index contributed by atoms with van der Waals surface area (Å²) in [5, 5.41) is 27.5. The summed E-state index contributed by atoms with van der Waals surface area (Å²) in [6, 6.07) is 11.8. The van der Waals surface area contributed by atoms with E-state index in [4.69, 9.17) is 0 Å². The molecule has 3 aromatic rings. The zero-order valence-corrected chi connectivity index (χ0v) is 21.1. The quantitative estimate of drug-likeness (QED) is 0.210. The van der Waals surface area contributed by atoms with Crippen LogP contribution in [-0.4, -0.2) is 61.8 Å². The third kappa shape index (κ3) is 9.05. The molecule has 198 valence electrons. The number of carbonyl (C=O) groups excluding carboxylic acids is 3. The monoisotopic (exact) mass is 518 g/mol. The molecular weight excluding hydrogens is 487 g/mol. The summed E-state index contributed by atoms with van der Waals surface area (Å²) in [6.07, 6.45) is 7.32. The lowest BCUT2D eigenvalue weighted by atomic mass is 9.76. The normalized spacial score (nSPS) is 12.2. The van der Waals surface area contributed by atoms with E-state index in [1.54, 1.807) is 12.1 Å². The molecule has 0 spiro atoms. The number of aryl methyl sites for hydroxylation is 2. The summed E-state index contributed by atoms with van der Waals surface area (Å²) in [5.74, 6) is -2.99. The number of hydrogen-bond donors (Lipinski definition) is 5. The van der Waals surface area contributed by atoms with Gasteiger partial charge in [0.15, 0.2) is 0 Å². The van der Waals surface area contributed by atoms with Gasteiger partial charge in [-0.05, 0) is 43.4 Å². The summed E-state index contributed by atoms with van der Waals surface area (Å²) in [5.41, 5.74) is 2.34. The molecule has 0 bridgehead atoms. The van der Waals surface area contributed by atoms with Crippen LogP contribution in [0.25, 0.3) is 0 Å². The van der Waals surface area contributed by atoms with Gasteiger partial charge in [-0.3, -0.25) is 24.4 Å². The van der Waals surface area contributed by atoms with Gasteiger partial charge in [0.05, 0.1) is 30.4 Å². The van der Waals surface area contributed by atoms with Crippen LogP contribution in [0.15, 0.2) is 67.3 Å². The second-order valence-electron chi connectivity index (χ2n) is 8.67. The van der Waals surface area contributed by atoms with E-state index in [0.717, 1.165) is 17.7 Å². The predicted molar refractivity (Wildman–Crippen MR) is 142 cm³/mol. The van der Waals surface area contributed by atoms with E-state index in [1.165, 1.54) is 24.8 Å². The van der Waals surface area contributed by atoms with E-state index in [2.05, 4.69) is 30.9 Å². The standard InChI is InChI=1S/C26H31BN6O5/c1-2-19-11-12-20(16-30-19)31-24(34)15-21(32-26(36)22-17-28-13-14-29-22)25(35)33-23(27(37)38)10-6-9-18-7-4-3-5-8-18/h3-5,7-8,11-14,16-17,21,23,37-38H,2,6,9-10,15H2,1H3,(H,31,34)(H,32,36)(H,33,35). The molecule has 0 saturated heterocycles. The molecule has 2 atom stereocenters. The number of nitrogens with one attached hydrogen (secondary N) is 3. The van der Waals surface area contributed by atoms with E-state index in [-0.39, 0.29) is 12.1 Å². The Morgan fingerprint density at radius 1 is 0.974 bits per heavy atom. The van der Waals surface area contributed by atoms with Crippen LogP contribution >= 0.6 is 0 Å². The van der Waals surface area contributed by atoms with Gasteiger partial charge in [0, 0.05) is 18.1 Å². The fraction of sp³-hybridized carbons (Fsp3) is 0.308. The summed E-state index contributed by atoms with van der Waals surface area (Å²) >= 11 is 0.